The zero-order chi connectivity index (χ0) is 19.8. The van der Waals surface area contributed by atoms with Crippen molar-refractivity contribution in [1.82, 2.24) is 19.9 Å². The Morgan fingerprint density at radius 1 is 1.15 bits per heavy atom. The van der Waals surface area contributed by atoms with E-state index in [1.54, 1.807) is 30.5 Å². The molecule has 1 N–H and O–H groups in total. The van der Waals surface area contributed by atoms with Crippen LogP contribution in [-0.4, -0.2) is 53.1 Å². The van der Waals surface area contributed by atoms with E-state index in [0.717, 1.165) is 10.9 Å². The number of fused-ring (bicyclic) bond motifs is 1. The SMILES string of the molecule is COc1cc(/C=C/N(C)C)c([N+](=O)[O-])cn1.COc1cc2cc[nH]c2cn1. The molecule has 0 fully saturated rings. The summed E-state index contributed by atoms with van der Waals surface area (Å²) in [7, 11) is 6.75. The average molecular weight is 371 g/mol. The molecule has 142 valence electrons. The molecule has 0 aliphatic heterocycles. The molecule has 0 radical (unpaired) electrons. The smallest absolute Gasteiger partial charge is 0.295 e. The molecule has 0 amide bonds. The van der Waals surface area contributed by atoms with Gasteiger partial charge in [-0.2, -0.15) is 0 Å². The zero-order valence-corrected chi connectivity index (χ0v) is 15.5. The fourth-order valence-corrected chi connectivity index (χ4v) is 2.11. The summed E-state index contributed by atoms with van der Waals surface area (Å²) in [4.78, 5) is 23.0. The van der Waals surface area contributed by atoms with Crippen LogP contribution < -0.4 is 9.47 Å². The lowest BCUT2D eigenvalue weighted by molar-refractivity contribution is -0.385. The number of pyridine rings is 2. The number of methoxy groups -OCH3 is 2. The van der Waals surface area contributed by atoms with Crippen LogP contribution in [0.25, 0.3) is 17.0 Å². The van der Waals surface area contributed by atoms with Gasteiger partial charge in [-0.3, -0.25) is 10.1 Å². The standard InChI is InChI=1S/C10H13N3O3.C8H8N2O/c1-12(2)5-4-8-6-10(16-3)11-7-9(8)13(14)15;1-11-8-4-6-2-3-9-7(6)5-10-8/h4-7H,1-3H3;2-5,9H,1H3/b5-4+;. The minimum Gasteiger partial charge on any atom is -0.481 e. The molecular formula is C18H21N5O4. The summed E-state index contributed by atoms with van der Waals surface area (Å²) in [6, 6.07) is 5.41. The molecule has 27 heavy (non-hydrogen) atoms. The topological polar surface area (TPSA) is 106 Å². The van der Waals surface area contributed by atoms with Crippen molar-refractivity contribution in [3.8, 4) is 11.8 Å². The van der Waals surface area contributed by atoms with Gasteiger partial charge in [0.15, 0.2) is 0 Å². The van der Waals surface area contributed by atoms with E-state index in [0.29, 0.717) is 17.3 Å². The molecule has 9 heteroatoms. The molecule has 0 atom stereocenters. The number of nitrogens with one attached hydrogen (secondary N) is 1. The predicted molar refractivity (Wildman–Crippen MR) is 103 cm³/mol. The first-order chi connectivity index (χ1) is 12.9. The van der Waals surface area contributed by atoms with Crippen molar-refractivity contribution >= 4 is 22.7 Å². The molecule has 0 saturated heterocycles. The second-order valence-corrected chi connectivity index (χ2v) is 5.61. The third-order valence-corrected chi connectivity index (χ3v) is 3.47. The molecule has 0 unspecified atom stereocenters. The number of nitro groups is 1. The molecule has 9 nitrogen and oxygen atoms in total. The van der Waals surface area contributed by atoms with Crippen molar-refractivity contribution in [3.63, 3.8) is 0 Å². The summed E-state index contributed by atoms with van der Waals surface area (Å²) < 4.78 is 9.88. The fourth-order valence-electron chi connectivity index (χ4n) is 2.11. The third kappa shape index (κ3) is 5.43. The lowest BCUT2D eigenvalue weighted by Gasteiger charge is -2.04. The van der Waals surface area contributed by atoms with E-state index in [4.69, 9.17) is 9.47 Å². The molecule has 0 saturated carbocycles. The van der Waals surface area contributed by atoms with Crippen molar-refractivity contribution in [2.24, 2.45) is 0 Å². The predicted octanol–water partition coefficient (Wildman–Crippen LogP) is 3.10. The molecule has 0 aromatic carbocycles. The zero-order valence-electron chi connectivity index (χ0n) is 15.5. The van der Waals surface area contributed by atoms with E-state index >= 15 is 0 Å². The van der Waals surface area contributed by atoms with Gasteiger partial charge in [0.05, 0.1) is 36.4 Å². The number of aromatic nitrogens is 3. The highest BCUT2D eigenvalue weighted by Crippen LogP contribution is 2.22. The van der Waals surface area contributed by atoms with Crippen LogP contribution in [0.15, 0.2) is 43.0 Å². The summed E-state index contributed by atoms with van der Waals surface area (Å²) in [5.41, 5.74) is 1.45. The van der Waals surface area contributed by atoms with Crippen molar-refractivity contribution in [2.45, 2.75) is 0 Å². The Kier molecular flexibility index (Phi) is 6.70. The summed E-state index contributed by atoms with van der Waals surface area (Å²) in [6.45, 7) is 0. The van der Waals surface area contributed by atoms with Crippen LogP contribution in [0, 0.1) is 10.1 Å². The summed E-state index contributed by atoms with van der Waals surface area (Å²) in [6.07, 6.45) is 8.19. The average Bonchev–Trinajstić information content (AvgIpc) is 3.14. The molecule has 0 spiro atoms. The third-order valence-electron chi connectivity index (χ3n) is 3.47. The Labute approximate surface area is 156 Å². The fraction of sp³-hybridized carbons (Fsp3) is 0.222. The maximum absolute atomic E-state index is 10.7. The van der Waals surface area contributed by atoms with E-state index in [-0.39, 0.29) is 5.69 Å². The maximum Gasteiger partial charge on any atom is 0.295 e. The van der Waals surface area contributed by atoms with Crippen molar-refractivity contribution in [2.75, 3.05) is 28.3 Å². The first kappa shape index (κ1) is 19.7. The molecular weight excluding hydrogens is 350 g/mol. The van der Waals surface area contributed by atoms with E-state index in [2.05, 4.69) is 15.0 Å². The monoisotopic (exact) mass is 371 g/mol. The molecule has 3 rings (SSSR count). The van der Waals surface area contributed by atoms with Crippen molar-refractivity contribution in [1.29, 1.82) is 0 Å². The van der Waals surface area contributed by atoms with Gasteiger partial charge in [-0.15, -0.1) is 0 Å². The minimum atomic E-state index is -0.470. The van der Waals surface area contributed by atoms with E-state index < -0.39 is 4.92 Å². The van der Waals surface area contributed by atoms with Crippen molar-refractivity contribution in [3.05, 3.63) is 58.7 Å². The number of aromatic amines is 1. The highest BCUT2D eigenvalue weighted by molar-refractivity contribution is 5.79. The molecule has 3 aromatic rings. The Bertz CT molecular complexity index is 936. The van der Waals surface area contributed by atoms with Crippen LogP contribution in [0.2, 0.25) is 0 Å². The van der Waals surface area contributed by atoms with E-state index in [1.165, 1.54) is 19.4 Å². The van der Waals surface area contributed by atoms with Crippen LogP contribution in [0.1, 0.15) is 5.56 Å². The second-order valence-electron chi connectivity index (χ2n) is 5.61. The van der Waals surface area contributed by atoms with Crippen molar-refractivity contribution < 1.29 is 14.4 Å². The Balaban J connectivity index is 0.000000206. The van der Waals surface area contributed by atoms with Crippen LogP contribution in [-0.2, 0) is 0 Å². The largest absolute Gasteiger partial charge is 0.481 e. The Morgan fingerprint density at radius 3 is 2.44 bits per heavy atom. The van der Waals surface area contributed by atoms with Crippen LogP contribution in [0.5, 0.6) is 11.8 Å². The number of ether oxygens (including phenoxy) is 2. The molecule has 3 heterocycles. The van der Waals surface area contributed by atoms with Gasteiger partial charge in [-0.25, -0.2) is 9.97 Å². The molecule has 3 aromatic heterocycles. The van der Waals surface area contributed by atoms with Gasteiger partial charge in [-0.1, -0.05) is 0 Å². The number of hydrogen-bond donors (Lipinski definition) is 1. The summed E-state index contributed by atoms with van der Waals surface area (Å²) >= 11 is 0. The quantitative estimate of drug-likeness (QED) is 0.542. The first-order valence-electron chi connectivity index (χ1n) is 7.94. The summed E-state index contributed by atoms with van der Waals surface area (Å²) in [5, 5.41) is 11.9. The molecule has 0 aliphatic rings. The number of hydrogen-bond acceptors (Lipinski definition) is 7. The maximum atomic E-state index is 10.7. The Hall–Kier alpha value is -3.62. The van der Waals surface area contributed by atoms with Gasteiger partial charge in [0, 0.05) is 37.8 Å². The normalized spacial score (nSPS) is 10.4. The van der Waals surface area contributed by atoms with E-state index in [9.17, 15) is 10.1 Å². The van der Waals surface area contributed by atoms with Gasteiger partial charge >= 0.3 is 0 Å². The number of rotatable bonds is 5. The lowest BCUT2D eigenvalue weighted by atomic mass is 10.2. The summed E-state index contributed by atoms with van der Waals surface area (Å²) in [5.74, 6) is 1.00. The first-order valence-corrected chi connectivity index (χ1v) is 7.94. The van der Waals surface area contributed by atoms with Gasteiger partial charge in [0.1, 0.15) is 6.20 Å². The lowest BCUT2D eigenvalue weighted by Crippen LogP contribution is -2.00. The second kappa shape index (κ2) is 9.18. The van der Waals surface area contributed by atoms with Gasteiger partial charge in [-0.05, 0) is 18.3 Å². The van der Waals surface area contributed by atoms with E-state index in [1.807, 2.05) is 32.4 Å². The molecule has 0 bridgehead atoms. The van der Waals surface area contributed by atoms with Gasteiger partial charge < -0.3 is 19.4 Å². The Morgan fingerprint density at radius 2 is 1.81 bits per heavy atom. The number of nitrogens with zero attached hydrogens (tertiary/aromatic N) is 4. The number of H-pyrrole nitrogens is 1. The van der Waals surface area contributed by atoms with Crippen LogP contribution >= 0.6 is 0 Å². The molecule has 0 aliphatic carbocycles. The highest BCUT2D eigenvalue weighted by atomic mass is 16.6. The highest BCUT2D eigenvalue weighted by Gasteiger charge is 2.13. The van der Waals surface area contributed by atoms with Crippen LogP contribution in [0.4, 0.5) is 5.69 Å². The van der Waals surface area contributed by atoms with Crippen LogP contribution in [0.3, 0.4) is 0 Å². The minimum absolute atomic E-state index is 0.0427. The van der Waals surface area contributed by atoms with Gasteiger partial charge in [0.25, 0.3) is 5.69 Å². The van der Waals surface area contributed by atoms with Gasteiger partial charge in [0.2, 0.25) is 11.8 Å².